The van der Waals surface area contributed by atoms with E-state index >= 15 is 0 Å². The van der Waals surface area contributed by atoms with Crippen LogP contribution in [0.2, 0.25) is 0 Å². The van der Waals surface area contributed by atoms with Gasteiger partial charge >= 0.3 is 0 Å². The molecule has 3 heteroatoms. The highest BCUT2D eigenvalue weighted by molar-refractivity contribution is 5.95. The normalized spacial score (nSPS) is 10.1. The van der Waals surface area contributed by atoms with Crippen LogP contribution in [0.4, 0.5) is 0 Å². The smallest absolute Gasteiger partial charge is 0.254 e. The predicted octanol–water partition coefficient (Wildman–Crippen LogP) is 2.68. The summed E-state index contributed by atoms with van der Waals surface area (Å²) >= 11 is 0. The van der Waals surface area contributed by atoms with Crippen molar-refractivity contribution in [3.8, 4) is 6.07 Å². The Balaban J connectivity index is 3.05. The number of nitrogens with zero attached hydrogens (tertiary/aromatic N) is 2. The number of amides is 1. The van der Waals surface area contributed by atoms with Gasteiger partial charge in [0.1, 0.15) is 6.54 Å². The van der Waals surface area contributed by atoms with E-state index in [1.54, 1.807) is 4.90 Å². The molecule has 0 aromatic heterocycles. The minimum atomic E-state index is -0.0756. The molecule has 0 bridgehead atoms. The minimum absolute atomic E-state index is 0.0305. The van der Waals surface area contributed by atoms with Crippen molar-refractivity contribution in [3.05, 3.63) is 34.9 Å². The molecule has 1 rings (SSSR count). The molecule has 0 saturated heterocycles. The van der Waals surface area contributed by atoms with Gasteiger partial charge in [-0.1, -0.05) is 17.2 Å². The maximum atomic E-state index is 12.3. The Morgan fingerprint density at radius 2 is 1.82 bits per heavy atom. The molecule has 0 aliphatic rings. The predicted molar refractivity (Wildman–Crippen MR) is 67.7 cm³/mol. The molecule has 0 atom stereocenters. The third-order valence-corrected chi connectivity index (χ3v) is 2.59. The first-order chi connectivity index (χ1) is 7.95. The molecule has 1 aromatic carbocycles. The molecule has 0 fully saturated rings. The summed E-state index contributed by atoms with van der Waals surface area (Å²) in [6.07, 6.45) is 0. The molecule has 0 unspecified atom stereocenters. The zero-order valence-electron chi connectivity index (χ0n) is 10.8. The maximum absolute atomic E-state index is 12.3. The van der Waals surface area contributed by atoms with Crippen LogP contribution in [0.1, 0.15) is 35.3 Å². The minimum Gasteiger partial charge on any atom is -0.323 e. The lowest BCUT2D eigenvalue weighted by atomic mass is 10.1. The van der Waals surface area contributed by atoms with Gasteiger partial charge in [0.15, 0.2) is 0 Å². The van der Waals surface area contributed by atoms with E-state index in [2.05, 4.69) is 0 Å². The molecule has 0 saturated carbocycles. The summed E-state index contributed by atoms with van der Waals surface area (Å²) in [6, 6.07) is 7.82. The molecule has 3 nitrogen and oxygen atoms in total. The van der Waals surface area contributed by atoms with Crippen LogP contribution in [0.25, 0.3) is 0 Å². The molecular weight excluding hydrogens is 212 g/mol. The number of hydrogen-bond acceptors (Lipinski definition) is 2. The van der Waals surface area contributed by atoms with Gasteiger partial charge in [0.25, 0.3) is 5.91 Å². The summed E-state index contributed by atoms with van der Waals surface area (Å²) in [7, 11) is 0. The quantitative estimate of drug-likeness (QED) is 0.749. The summed E-state index contributed by atoms with van der Waals surface area (Å²) in [6.45, 7) is 7.89. The van der Waals surface area contributed by atoms with E-state index in [0.29, 0.717) is 5.56 Å². The van der Waals surface area contributed by atoms with Gasteiger partial charge < -0.3 is 4.90 Å². The molecule has 0 radical (unpaired) electrons. The Morgan fingerprint density at radius 1 is 1.29 bits per heavy atom. The average Bonchev–Trinajstić information content (AvgIpc) is 2.23. The molecule has 0 heterocycles. The Hall–Kier alpha value is -1.82. The van der Waals surface area contributed by atoms with Crippen molar-refractivity contribution in [1.82, 2.24) is 4.90 Å². The van der Waals surface area contributed by atoms with Gasteiger partial charge in [0.2, 0.25) is 0 Å². The van der Waals surface area contributed by atoms with Crippen molar-refractivity contribution in [2.45, 2.75) is 33.7 Å². The summed E-state index contributed by atoms with van der Waals surface area (Å²) < 4.78 is 0. The summed E-state index contributed by atoms with van der Waals surface area (Å²) in [4.78, 5) is 13.8. The van der Waals surface area contributed by atoms with E-state index in [-0.39, 0.29) is 18.5 Å². The number of rotatable bonds is 3. The summed E-state index contributed by atoms with van der Waals surface area (Å²) in [5, 5.41) is 8.75. The molecular formula is C14H18N2O. The highest BCUT2D eigenvalue weighted by Crippen LogP contribution is 2.13. The van der Waals surface area contributed by atoms with Crippen LogP contribution >= 0.6 is 0 Å². The van der Waals surface area contributed by atoms with Crippen LogP contribution in [0.3, 0.4) is 0 Å². The SMILES string of the molecule is Cc1cc(C)cc(C(=O)N(CC#N)C(C)C)c1. The van der Waals surface area contributed by atoms with Crippen LogP contribution in [0.15, 0.2) is 18.2 Å². The lowest BCUT2D eigenvalue weighted by Gasteiger charge is -2.24. The Kier molecular flexibility index (Phi) is 4.28. The van der Waals surface area contributed by atoms with Crippen LogP contribution in [-0.4, -0.2) is 23.4 Å². The summed E-state index contributed by atoms with van der Waals surface area (Å²) in [5.74, 6) is -0.0756. The maximum Gasteiger partial charge on any atom is 0.254 e. The number of carbonyl (C=O) groups excluding carboxylic acids is 1. The Morgan fingerprint density at radius 3 is 2.24 bits per heavy atom. The van der Waals surface area contributed by atoms with E-state index in [1.165, 1.54) is 0 Å². The standard InChI is InChI=1S/C14H18N2O/c1-10(2)16(6-5-15)14(17)13-8-11(3)7-12(4)9-13/h7-10H,6H2,1-4H3. The van der Waals surface area contributed by atoms with Crippen molar-refractivity contribution >= 4 is 5.91 Å². The van der Waals surface area contributed by atoms with Crippen LogP contribution in [0.5, 0.6) is 0 Å². The lowest BCUT2D eigenvalue weighted by Crippen LogP contribution is -2.37. The van der Waals surface area contributed by atoms with Gasteiger partial charge in [0.05, 0.1) is 6.07 Å². The summed E-state index contributed by atoms with van der Waals surface area (Å²) in [5.41, 5.74) is 2.79. The van der Waals surface area contributed by atoms with Gasteiger partial charge in [-0.05, 0) is 39.8 Å². The third-order valence-electron chi connectivity index (χ3n) is 2.59. The second-order valence-corrected chi connectivity index (χ2v) is 4.56. The first-order valence-corrected chi connectivity index (χ1v) is 5.72. The van der Waals surface area contributed by atoms with Crippen molar-refractivity contribution in [2.24, 2.45) is 0 Å². The highest BCUT2D eigenvalue weighted by atomic mass is 16.2. The zero-order chi connectivity index (χ0) is 13.0. The monoisotopic (exact) mass is 230 g/mol. The van der Waals surface area contributed by atoms with E-state index in [0.717, 1.165) is 11.1 Å². The van der Waals surface area contributed by atoms with Crippen LogP contribution < -0.4 is 0 Å². The van der Waals surface area contributed by atoms with Gasteiger partial charge in [-0.2, -0.15) is 5.26 Å². The molecule has 90 valence electrons. The Bertz CT molecular complexity index is 438. The molecule has 1 amide bonds. The van der Waals surface area contributed by atoms with Crippen molar-refractivity contribution in [1.29, 1.82) is 5.26 Å². The fraction of sp³-hybridized carbons (Fsp3) is 0.429. The van der Waals surface area contributed by atoms with Crippen molar-refractivity contribution in [3.63, 3.8) is 0 Å². The van der Waals surface area contributed by atoms with E-state index in [9.17, 15) is 4.79 Å². The molecule has 0 aliphatic carbocycles. The van der Waals surface area contributed by atoms with Crippen LogP contribution in [0, 0.1) is 25.2 Å². The van der Waals surface area contributed by atoms with Crippen molar-refractivity contribution in [2.75, 3.05) is 6.54 Å². The van der Waals surface area contributed by atoms with Gasteiger partial charge in [-0.15, -0.1) is 0 Å². The second-order valence-electron chi connectivity index (χ2n) is 4.56. The number of aryl methyl sites for hydroxylation is 2. The first-order valence-electron chi connectivity index (χ1n) is 5.72. The van der Waals surface area contributed by atoms with Crippen molar-refractivity contribution < 1.29 is 4.79 Å². The van der Waals surface area contributed by atoms with Gasteiger partial charge in [-0.3, -0.25) is 4.79 Å². The topological polar surface area (TPSA) is 44.1 Å². The van der Waals surface area contributed by atoms with Crippen LogP contribution in [-0.2, 0) is 0 Å². The van der Waals surface area contributed by atoms with Gasteiger partial charge in [-0.25, -0.2) is 0 Å². The number of benzene rings is 1. The van der Waals surface area contributed by atoms with E-state index < -0.39 is 0 Å². The molecule has 0 aliphatic heterocycles. The lowest BCUT2D eigenvalue weighted by molar-refractivity contribution is 0.0731. The third kappa shape index (κ3) is 3.32. The second kappa shape index (κ2) is 5.49. The fourth-order valence-electron chi connectivity index (χ4n) is 1.83. The first kappa shape index (κ1) is 13.2. The Labute approximate surface area is 103 Å². The van der Waals surface area contributed by atoms with E-state index in [4.69, 9.17) is 5.26 Å². The molecule has 1 aromatic rings. The number of hydrogen-bond donors (Lipinski definition) is 0. The van der Waals surface area contributed by atoms with Gasteiger partial charge in [0, 0.05) is 11.6 Å². The molecule has 0 spiro atoms. The number of nitriles is 1. The highest BCUT2D eigenvalue weighted by Gasteiger charge is 2.18. The molecule has 17 heavy (non-hydrogen) atoms. The average molecular weight is 230 g/mol. The number of carbonyl (C=O) groups is 1. The molecule has 0 N–H and O–H groups in total. The van der Waals surface area contributed by atoms with E-state index in [1.807, 2.05) is 52.0 Å². The zero-order valence-corrected chi connectivity index (χ0v) is 10.8. The fourth-order valence-corrected chi connectivity index (χ4v) is 1.83. The largest absolute Gasteiger partial charge is 0.323 e.